The number of hydrogen-bond donors (Lipinski definition) is 1. The van der Waals surface area contributed by atoms with Crippen LogP contribution in [0.15, 0.2) is 18.3 Å². The van der Waals surface area contributed by atoms with E-state index in [2.05, 4.69) is 24.1 Å². The van der Waals surface area contributed by atoms with E-state index >= 15 is 0 Å². The van der Waals surface area contributed by atoms with E-state index in [4.69, 9.17) is 4.74 Å². The minimum absolute atomic E-state index is 0.400. The summed E-state index contributed by atoms with van der Waals surface area (Å²) in [6, 6.07) is 4.45. The van der Waals surface area contributed by atoms with E-state index in [0.29, 0.717) is 12.1 Å². The van der Waals surface area contributed by atoms with Gasteiger partial charge in [-0.3, -0.25) is 4.98 Å². The topological polar surface area (TPSA) is 34.2 Å². The van der Waals surface area contributed by atoms with Crippen LogP contribution >= 0.6 is 0 Å². The molecule has 0 unspecified atom stereocenters. The zero-order chi connectivity index (χ0) is 12.1. The van der Waals surface area contributed by atoms with Gasteiger partial charge in [-0.25, -0.2) is 0 Å². The highest BCUT2D eigenvalue weighted by Crippen LogP contribution is 2.25. The van der Waals surface area contributed by atoms with Crippen LogP contribution in [0, 0.1) is 0 Å². The Morgan fingerprint density at radius 2 is 2.18 bits per heavy atom. The van der Waals surface area contributed by atoms with Crippen molar-refractivity contribution in [3.05, 3.63) is 24.0 Å². The van der Waals surface area contributed by atoms with Crippen LogP contribution in [0.4, 0.5) is 0 Å². The molecule has 0 aromatic carbocycles. The minimum atomic E-state index is 0.400. The molecular weight excluding hydrogens is 212 g/mol. The molecule has 1 fully saturated rings. The molecule has 0 bridgehead atoms. The van der Waals surface area contributed by atoms with Crippen LogP contribution in [-0.4, -0.2) is 17.1 Å². The monoisotopic (exact) mass is 234 g/mol. The lowest BCUT2D eigenvalue weighted by molar-refractivity contribution is 0.206. The summed E-state index contributed by atoms with van der Waals surface area (Å²) in [5.74, 6) is 0.951. The first-order valence-corrected chi connectivity index (χ1v) is 6.59. The van der Waals surface area contributed by atoms with Crippen molar-refractivity contribution in [3.63, 3.8) is 0 Å². The van der Waals surface area contributed by atoms with Crippen molar-refractivity contribution in [2.75, 3.05) is 0 Å². The van der Waals surface area contributed by atoms with Crippen molar-refractivity contribution in [1.82, 2.24) is 10.3 Å². The summed E-state index contributed by atoms with van der Waals surface area (Å²) < 4.78 is 6.04. The molecule has 94 valence electrons. The maximum atomic E-state index is 6.04. The summed E-state index contributed by atoms with van der Waals surface area (Å²) in [6.45, 7) is 5.06. The predicted molar refractivity (Wildman–Crippen MR) is 69.1 cm³/mol. The van der Waals surface area contributed by atoms with Crippen LogP contribution in [-0.2, 0) is 6.54 Å². The summed E-state index contributed by atoms with van der Waals surface area (Å²) in [6.07, 6.45) is 7.20. The molecule has 0 atom stereocenters. The summed E-state index contributed by atoms with van der Waals surface area (Å²) in [7, 11) is 0. The molecule has 3 heteroatoms. The molecule has 1 aromatic heterocycles. The molecule has 2 rings (SSSR count). The van der Waals surface area contributed by atoms with Crippen LogP contribution in [0.25, 0.3) is 0 Å². The number of nitrogens with zero attached hydrogens (tertiary/aromatic N) is 1. The Morgan fingerprint density at radius 1 is 1.41 bits per heavy atom. The number of ether oxygens (including phenoxy) is 1. The molecular formula is C14H22N2O. The van der Waals surface area contributed by atoms with Crippen LogP contribution in [0.2, 0.25) is 0 Å². The van der Waals surface area contributed by atoms with E-state index in [1.807, 2.05) is 18.3 Å². The number of rotatable bonds is 5. The SMILES string of the molecule is CC(C)NCc1ncccc1OC1CCCC1. The Kier molecular flexibility index (Phi) is 4.37. The molecule has 0 amide bonds. The van der Waals surface area contributed by atoms with Crippen molar-refractivity contribution in [3.8, 4) is 5.75 Å². The Labute approximate surface area is 104 Å². The van der Waals surface area contributed by atoms with Gasteiger partial charge in [0.05, 0.1) is 11.8 Å². The smallest absolute Gasteiger partial charge is 0.142 e. The summed E-state index contributed by atoms with van der Waals surface area (Å²) in [5.41, 5.74) is 1.02. The third-order valence-corrected chi connectivity index (χ3v) is 3.12. The maximum absolute atomic E-state index is 6.04. The normalized spacial score (nSPS) is 16.6. The van der Waals surface area contributed by atoms with Gasteiger partial charge in [0.1, 0.15) is 5.75 Å². The average molecular weight is 234 g/mol. The van der Waals surface area contributed by atoms with Gasteiger partial charge in [0, 0.05) is 18.8 Å². The predicted octanol–water partition coefficient (Wildman–Crippen LogP) is 2.90. The lowest BCUT2D eigenvalue weighted by Gasteiger charge is -2.16. The van der Waals surface area contributed by atoms with Crippen molar-refractivity contribution in [2.45, 2.75) is 58.2 Å². The molecule has 1 aliphatic rings. The maximum Gasteiger partial charge on any atom is 0.142 e. The van der Waals surface area contributed by atoms with Gasteiger partial charge in [0.15, 0.2) is 0 Å². The fourth-order valence-corrected chi connectivity index (χ4v) is 2.15. The molecule has 0 spiro atoms. The van der Waals surface area contributed by atoms with Crippen molar-refractivity contribution in [2.24, 2.45) is 0 Å². The standard InChI is InChI=1S/C14H22N2O/c1-11(2)16-10-13-14(8-5-9-15-13)17-12-6-3-4-7-12/h5,8-9,11-12,16H,3-4,6-7,10H2,1-2H3. The highest BCUT2D eigenvalue weighted by atomic mass is 16.5. The number of hydrogen-bond acceptors (Lipinski definition) is 3. The van der Waals surface area contributed by atoms with Gasteiger partial charge in [0.2, 0.25) is 0 Å². The van der Waals surface area contributed by atoms with Crippen molar-refractivity contribution < 1.29 is 4.74 Å². The zero-order valence-electron chi connectivity index (χ0n) is 10.8. The second-order valence-electron chi connectivity index (χ2n) is 5.01. The lowest BCUT2D eigenvalue weighted by Crippen LogP contribution is -2.23. The number of nitrogens with one attached hydrogen (secondary N) is 1. The molecule has 0 aliphatic heterocycles. The van der Waals surface area contributed by atoms with E-state index < -0.39 is 0 Å². The zero-order valence-corrected chi connectivity index (χ0v) is 10.8. The van der Waals surface area contributed by atoms with E-state index in [1.54, 1.807) is 0 Å². The molecule has 1 heterocycles. The van der Waals surface area contributed by atoms with E-state index in [9.17, 15) is 0 Å². The third-order valence-electron chi connectivity index (χ3n) is 3.12. The number of aromatic nitrogens is 1. The van der Waals surface area contributed by atoms with Gasteiger partial charge in [-0.15, -0.1) is 0 Å². The van der Waals surface area contributed by atoms with Gasteiger partial charge < -0.3 is 10.1 Å². The second kappa shape index (κ2) is 6.01. The van der Waals surface area contributed by atoms with Gasteiger partial charge in [-0.05, 0) is 37.8 Å². The molecule has 0 saturated heterocycles. The van der Waals surface area contributed by atoms with Crippen LogP contribution in [0.1, 0.15) is 45.2 Å². The van der Waals surface area contributed by atoms with Crippen LogP contribution in [0.3, 0.4) is 0 Å². The quantitative estimate of drug-likeness (QED) is 0.850. The van der Waals surface area contributed by atoms with Crippen molar-refractivity contribution >= 4 is 0 Å². The highest BCUT2D eigenvalue weighted by molar-refractivity contribution is 5.27. The summed E-state index contributed by atoms with van der Waals surface area (Å²) in [4.78, 5) is 4.41. The van der Waals surface area contributed by atoms with Crippen molar-refractivity contribution in [1.29, 1.82) is 0 Å². The number of pyridine rings is 1. The molecule has 1 saturated carbocycles. The van der Waals surface area contributed by atoms with Crippen LogP contribution in [0.5, 0.6) is 5.75 Å². The summed E-state index contributed by atoms with van der Waals surface area (Å²) >= 11 is 0. The first kappa shape index (κ1) is 12.4. The minimum Gasteiger partial charge on any atom is -0.488 e. The molecule has 1 aliphatic carbocycles. The Morgan fingerprint density at radius 3 is 2.88 bits per heavy atom. The average Bonchev–Trinajstić information content (AvgIpc) is 2.80. The summed E-state index contributed by atoms with van der Waals surface area (Å²) in [5, 5.41) is 3.38. The molecule has 0 radical (unpaired) electrons. The molecule has 1 N–H and O–H groups in total. The molecule has 1 aromatic rings. The molecule has 3 nitrogen and oxygen atoms in total. The van der Waals surface area contributed by atoms with Gasteiger partial charge in [-0.2, -0.15) is 0 Å². The Balaban J connectivity index is 1.99. The van der Waals surface area contributed by atoms with E-state index in [1.165, 1.54) is 25.7 Å². The highest BCUT2D eigenvalue weighted by Gasteiger charge is 2.18. The molecule has 17 heavy (non-hydrogen) atoms. The van der Waals surface area contributed by atoms with Crippen LogP contribution < -0.4 is 10.1 Å². The lowest BCUT2D eigenvalue weighted by atomic mass is 10.2. The van der Waals surface area contributed by atoms with Gasteiger partial charge in [0.25, 0.3) is 0 Å². The van der Waals surface area contributed by atoms with Gasteiger partial charge in [-0.1, -0.05) is 13.8 Å². The largest absolute Gasteiger partial charge is 0.488 e. The Bertz CT molecular complexity index is 346. The fraction of sp³-hybridized carbons (Fsp3) is 0.643. The first-order chi connectivity index (χ1) is 8.25. The second-order valence-corrected chi connectivity index (χ2v) is 5.01. The van der Waals surface area contributed by atoms with Gasteiger partial charge >= 0.3 is 0 Å². The Hall–Kier alpha value is -1.09. The van der Waals surface area contributed by atoms with E-state index in [-0.39, 0.29) is 0 Å². The third kappa shape index (κ3) is 3.70. The first-order valence-electron chi connectivity index (χ1n) is 6.59. The fourth-order valence-electron chi connectivity index (χ4n) is 2.15. The van der Waals surface area contributed by atoms with E-state index in [0.717, 1.165) is 18.0 Å².